The third kappa shape index (κ3) is 4.96. The number of nitrogens with one attached hydrogen (secondary N) is 1. The predicted molar refractivity (Wildman–Crippen MR) is 117 cm³/mol. The van der Waals surface area contributed by atoms with Crippen LogP contribution in [0.1, 0.15) is 30.9 Å². The summed E-state index contributed by atoms with van der Waals surface area (Å²) in [5.41, 5.74) is 0.929. The Balaban J connectivity index is 1.66. The van der Waals surface area contributed by atoms with Gasteiger partial charge in [-0.1, -0.05) is 12.1 Å². The number of likely N-dealkylation sites (tertiary alicyclic amines) is 1. The van der Waals surface area contributed by atoms with Gasteiger partial charge in [-0.15, -0.1) is 0 Å². The number of amides is 1. The minimum atomic E-state index is -3.70. The molecule has 1 atom stereocenters. The Hall–Kier alpha value is -2.10. The Morgan fingerprint density at radius 1 is 1.20 bits per heavy atom. The second-order valence-electron chi connectivity index (χ2n) is 6.93. The van der Waals surface area contributed by atoms with E-state index in [9.17, 15) is 13.2 Å². The number of rotatable bonds is 8. The van der Waals surface area contributed by atoms with Crippen LogP contribution in [0, 0.1) is 0 Å². The third-order valence-electron chi connectivity index (χ3n) is 5.13. The largest absolute Gasteiger partial charge is 0.497 e. The van der Waals surface area contributed by atoms with Crippen LogP contribution in [0.2, 0.25) is 0 Å². The molecular weight excluding hydrogens is 472 g/mol. The van der Waals surface area contributed by atoms with E-state index in [1.54, 1.807) is 37.3 Å². The summed E-state index contributed by atoms with van der Waals surface area (Å²) in [6.45, 7) is 0.668. The highest BCUT2D eigenvalue weighted by Gasteiger charge is 2.32. The summed E-state index contributed by atoms with van der Waals surface area (Å²) in [5, 5.41) is 0. The summed E-state index contributed by atoms with van der Waals surface area (Å²) in [5.74, 6) is 1.27. The van der Waals surface area contributed by atoms with E-state index in [0.29, 0.717) is 22.5 Å². The SMILES string of the molecule is COc1ccc(C2CCCN2C(=O)CCNS(=O)(=O)c2ccccc2Br)c(OC)c1. The fraction of sp³-hybridized carbons (Fsp3) is 0.381. The Bertz CT molecular complexity index is 1010. The van der Waals surface area contributed by atoms with Crippen molar-refractivity contribution in [3.8, 4) is 11.5 Å². The zero-order chi connectivity index (χ0) is 21.7. The lowest BCUT2D eigenvalue weighted by atomic mass is 10.0. The van der Waals surface area contributed by atoms with Crippen molar-refractivity contribution >= 4 is 31.9 Å². The molecule has 0 aliphatic carbocycles. The minimum Gasteiger partial charge on any atom is -0.497 e. The van der Waals surface area contributed by atoms with Gasteiger partial charge in [0.1, 0.15) is 11.5 Å². The fourth-order valence-corrected chi connectivity index (χ4v) is 5.69. The van der Waals surface area contributed by atoms with Crippen LogP contribution in [-0.2, 0) is 14.8 Å². The molecule has 2 aromatic rings. The minimum absolute atomic E-state index is 0.0332. The second kappa shape index (κ2) is 9.80. The van der Waals surface area contributed by atoms with E-state index < -0.39 is 10.0 Å². The Morgan fingerprint density at radius 3 is 2.67 bits per heavy atom. The van der Waals surface area contributed by atoms with E-state index in [4.69, 9.17) is 9.47 Å². The number of benzene rings is 2. The first-order valence-corrected chi connectivity index (χ1v) is 11.9. The molecule has 1 saturated heterocycles. The van der Waals surface area contributed by atoms with Crippen molar-refractivity contribution in [1.82, 2.24) is 9.62 Å². The number of methoxy groups -OCH3 is 2. The van der Waals surface area contributed by atoms with E-state index in [-0.39, 0.29) is 29.8 Å². The molecule has 162 valence electrons. The van der Waals surface area contributed by atoms with Gasteiger partial charge in [0.25, 0.3) is 0 Å². The van der Waals surface area contributed by atoms with Gasteiger partial charge in [-0.05, 0) is 53.0 Å². The standard InChI is InChI=1S/C21H25BrN2O5S/c1-28-15-9-10-16(19(14-15)29-2)18-7-5-13-24(18)21(25)11-12-23-30(26,27)20-8-4-3-6-17(20)22/h3-4,6,8-10,14,18,23H,5,7,11-13H2,1-2H3. The Morgan fingerprint density at radius 2 is 1.97 bits per heavy atom. The van der Waals surface area contributed by atoms with Gasteiger partial charge >= 0.3 is 0 Å². The molecule has 1 amide bonds. The van der Waals surface area contributed by atoms with Gasteiger partial charge in [0.15, 0.2) is 0 Å². The van der Waals surface area contributed by atoms with Crippen molar-refractivity contribution in [2.75, 3.05) is 27.3 Å². The number of nitrogens with zero attached hydrogens (tertiary/aromatic N) is 1. The topological polar surface area (TPSA) is 84.9 Å². The van der Waals surface area contributed by atoms with Crippen molar-refractivity contribution in [1.29, 1.82) is 0 Å². The molecule has 0 bridgehead atoms. The molecule has 30 heavy (non-hydrogen) atoms. The summed E-state index contributed by atoms with van der Waals surface area (Å²) in [7, 11) is -0.510. The smallest absolute Gasteiger partial charge is 0.241 e. The zero-order valence-corrected chi connectivity index (χ0v) is 19.3. The van der Waals surface area contributed by atoms with E-state index in [1.807, 2.05) is 18.2 Å². The lowest BCUT2D eigenvalue weighted by Crippen LogP contribution is -2.34. The van der Waals surface area contributed by atoms with Gasteiger partial charge in [0.2, 0.25) is 15.9 Å². The van der Waals surface area contributed by atoms with E-state index in [0.717, 1.165) is 18.4 Å². The van der Waals surface area contributed by atoms with Crippen molar-refractivity contribution in [2.45, 2.75) is 30.2 Å². The molecule has 0 aromatic heterocycles. The quantitative estimate of drug-likeness (QED) is 0.604. The van der Waals surface area contributed by atoms with Crippen LogP contribution in [0.5, 0.6) is 11.5 Å². The van der Waals surface area contributed by atoms with Gasteiger partial charge in [-0.2, -0.15) is 0 Å². The fourth-order valence-electron chi connectivity index (χ4n) is 3.66. The van der Waals surface area contributed by atoms with Crippen molar-refractivity contribution in [3.63, 3.8) is 0 Å². The molecule has 1 aliphatic rings. The summed E-state index contributed by atoms with van der Waals surface area (Å²) in [6, 6.07) is 12.1. The second-order valence-corrected chi connectivity index (χ2v) is 9.52. The maximum atomic E-state index is 12.9. The maximum absolute atomic E-state index is 12.9. The first-order valence-electron chi connectivity index (χ1n) is 9.63. The molecule has 7 nitrogen and oxygen atoms in total. The normalized spacial score (nSPS) is 16.5. The molecule has 0 spiro atoms. The molecular formula is C21H25BrN2O5S. The highest BCUT2D eigenvalue weighted by Crippen LogP contribution is 2.38. The number of sulfonamides is 1. The predicted octanol–water partition coefficient (Wildman–Crippen LogP) is 3.50. The third-order valence-corrected chi connectivity index (χ3v) is 7.60. The van der Waals surface area contributed by atoms with Crippen LogP contribution in [0.4, 0.5) is 0 Å². The van der Waals surface area contributed by atoms with Crippen molar-refractivity contribution < 1.29 is 22.7 Å². The molecule has 9 heteroatoms. The maximum Gasteiger partial charge on any atom is 0.241 e. The molecule has 3 rings (SSSR count). The first-order chi connectivity index (χ1) is 14.4. The summed E-state index contributed by atoms with van der Waals surface area (Å²) in [6.07, 6.45) is 1.80. The lowest BCUT2D eigenvalue weighted by Gasteiger charge is -2.26. The van der Waals surface area contributed by atoms with Gasteiger partial charge in [0.05, 0.1) is 25.2 Å². The average Bonchev–Trinajstić information content (AvgIpc) is 3.23. The summed E-state index contributed by atoms with van der Waals surface area (Å²) in [4.78, 5) is 14.8. The van der Waals surface area contributed by atoms with Gasteiger partial charge in [-0.25, -0.2) is 13.1 Å². The van der Waals surface area contributed by atoms with Gasteiger partial charge in [-0.3, -0.25) is 4.79 Å². The number of halogens is 1. The summed E-state index contributed by atoms with van der Waals surface area (Å²) < 4.78 is 38.7. The zero-order valence-electron chi connectivity index (χ0n) is 16.9. The van der Waals surface area contributed by atoms with Gasteiger partial charge < -0.3 is 14.4 Å². The lowest BCUT2D eigenvalue weighted by molar-refractivity contribution is -0.132. The van der Waals surface area contributed by atoms with Crippen LogP contribution in [-0.4, -0.2) is 46.5 Å². The summed E-state index contributed by atoms with van der Waals surface area (Å²) >= 11 is 3.25. The number of hydrogen-bond acceptors (Lipinski definition) is 5. The van der Waals surface area contributed by atoms with Crippen LogP contribution >= 0.6 is 15.9 Å². The first kappa shape index (κ1) is 22.6. The molecule has 1 unspecified atom stereocenters. The number of hydrogen-bond donors (Lipinski definition) is 1. The number of carbonyl (C=O) groups is 1. The molecule has 2 aromatic carbocycles. The average molecular weight is 497 g/mol. The Labute approximate surface area is 185 Å². The van der Waals surface area contributed by atoms with E-state index in [2.05, 4.69) is 20.7 Å². The Kier molecular flexibility index (Phi) is 7.38. The molecule has 0 saturated carbocycles. The highest BCUT2D eigenvalue weighted by molar-refractivity contribution is 9.10. The van der Waals surface area contributed by atoms with E-state index in [1.165, 1.54) is 6.07 Å². The van der Waals surface area contributed by atoms with Crippen LogP contribution in [0.25, 0.3) is 0 Å². The molecule has 1 fully saturated rings. The van der Waals surface area contributed by atoms with E-state index >= 15 is 0 Å². The molecule has 1 N–H and O–H groups in total. The van der Waals surface area contributed by atoms with Crippen LogP contribution in [0.3, 0.4) is 0 Å². The van der Waals surface area contributed by atoms with Crippen molar-refractivity contribution in [3.05, 3.63) is 52.5 Å². The number of carbonyl (C=O) groups excluding carboxylic acids is 1. The monoisotopic (exact) mass is 496 g/mol. The molecule has 1 aliphatic heterocycles. The van der Waals surface area contributed by atoms with Gasteiger partial charge in [0, 0.05) is 35.6 Å². The van der Waals surface area contributed by atoms with Crippen LogP contribution < -0.4 is 14.2 Å². The molecule has 1 heterocycles. The number of ether oxygens (including phenoxy) is 2. The van der Waals surface area contributed by atoms with Crippen molar-refractivity contribution in [2.24, 2.45) is 0 Å². The molecule has 0 radical (unpaired) electrons. The highest BCUT2D eigenvalue weighted by atomic mass is 79.9. The van der Waals surface area contributed by atoms with Crippen LogP contribution in [0.15, 0.2) is 51.8 Å².